The summed E-state index contributed by atoms with van der Waals surface area (Å²) in [6.07, 6.45) is 0.332. The summed E-state index contributed by atoms with van der Waals surface area (Å²) in [6.45, 7) is 2.27. The van der Waals surface area contributed by atoms with Crippen LogP contribution >= 0.6 is 15.9 Å². The Labute approximate surface area is 97.2 Å². The van der Waals surface area contributed by atoms with Crippen molar-refractivity contribution < 1.29 is 4.79 Å². The van der Waals surface area contributed by atoms with Crippen molar-refractivity contribution in [1.29, 1.82) is 5.26 Å². The molecule has 1 amide bonds. The molecule has 0 bridgehead atoms. The van der Waals surface area contributed by atoms with E-state index in [1.54, 1.807) is 6.07 Å². The molecule has 1 aromatic rings. The van der Waals surface area contributed by atoms with Gasteiger partial charge < -0.3 is 5.32 Å². The van der Waals surface area contributed by atoms with Crippen LogP contribution < -0.4 is 5.32 Å². The van der Waals surface area contributed by atoms with Crippen molar-refractivity contribution in [2.24, 2.45) is 0 Å². The summed E-state index contributed by atoms with van der Waals surface area (Å²) in [7, 11) is 0. The highest BCUT2D eigenvalue weighted by Crippen LogP contribution is 2.15. The van der Waals surface area contributed by atoms with Gasteiger partial charge in [0, 0.05) is 16.6 Å². The minimum absolute atomic E-state index is 0.135. The van der Waals surface area contributed by atoms with Gasteiger partial charge in [-0.05, 0) is 24.6 Å². The smallest absolute Gasteiger partial charge is 0.251 e. The Balaban J connectivity index is 2.73. The maximum absolute atomic E-state index is 11.7. The van der Waals surface area contributed by atoms with E-state index < -0.39 is 0 Å². The van der Waals surface area contributed by atoms with E-state index in [0.717, 1.165) is 10.0 Å². The van der Waals surface area contributed by atoms with Crippen LogP contribution in [0.2, 0.25) is 0 Å². The molecule has 3 nitrogen and oxygen atoms in total. The topological polar surface area (TPSA) is 52.9 Å². The van der Waals surface area contributed by atoms with Crippen molar-refractivity contribution in [3.05, 3.63) is 33.8 Å². The van der Waals surface area contributed by atoms with Crippen LogP contribution in [0.3, 0.4) is 0 Å². The van der Waals surface area contributed by atoms with Gasteiger partial charge in [-0.2, -0.15) is 5.26 Å². The lowest BCUT2D eigenvalue weighted by Crippen LogP contribution is -2.24. The molecule has 0 unspecified atom stereocenters. The number of halogens is 1. The zero-order valence-electron chi connectivity index (χ0n) is 8.38. The fraction of sp³-hybridized carbons (Fsp3) is 0.273. The van der Waals surface area contributed by atoms with Gasteiger partial charge in [0.05, 0.1) is 12.5 Å². The highest BCUT2D eigenvalue weighted by molar-refractivity contribution is 9.10. The van der Waals surface area contributed by atoms with E-state index in [1.165, 1.54) is 0 Å². The first kappa shape index (κ1) is 11.7. The van der Waals surface area contributed by atoms with Crippen molar-refractivity contribution in [2.75, 3.05) is 6.54 Å². The van der Waals surface area contributed by atoms with Gasteiger partial charge in [-0.3, -0.25) is 4.79 Å². The quantitative estimate of drug-likeness (QED) is 0.855. The summed E-state index contributed by atoms with van der Waals surface area (Å²) in [4.78, 5) is 11.7. The lowest BCUT2D eigenvalue weighted by molar-refractivity contribution is 0.0954. The fourth-order valence-electron chi connectivity index (χ4n) is 1.17. The molecule has 1 N–H and O–H groups in total. The van der Waals surface area contributed by atoms with Gasteiger partial charge in [-0.15, -0.1) is 0 Å². The molecule has 0 spiro atoms. The number of nitrogens with zero attached hydrogens (tertiary/aromatic N) is 1. The molecule has 0 aliphatic rings. The summed E-state index contributed by atoms with van der Waals surface area (Å²) in [5.41, 5.74) is 1.56. The van der Waals surface area contributed by atoms with Gasteiger partial charge in [0.25, 0.3) is 5.91 Å². The van der Waals surface area contributed by atoms with E-state index in [0.29, 0.717) is 18.5 Å². The first-order valence-electron chi connectivity index (χ1n) is 4.56. The zero-order valence-corrected chi connectivity index (χ0v) is 9.97. The van der Waals surface area contributed by atoms with E-state index in [2.05, 4.69) is 21.2 Å². The van der Waals surface area contributed by atoms with E-state index >= 15 is 0 Å². The van der Waals surface area contributed by atoms with Gasteiger partial charge in [-0.25, -0.2) is 0 Å². The van der Waals surface area contributed by atoms with E-state index in [9.17, 15) is 4.79 Å². The Hall–Kier alpha value is -1.34. The number of hydrogen-bond donors (Lipinski definition) is 1. The predicted octanol–water partition coefficient (Wildman–Crippen LogP) is 2.40. The third kappa shape index (κ3) is 3.37. The van der Waals surface area contributed by atoms with Gasteiger partial charge >= 0.3 is 0 Å². The molecular formula is C11H11BrN2O. The highest BCUT2D eigenvalue weighted by Gasteiger charge is 2.08. The van der Waals surface area contributed by atoms with Crippen LogP contribution in [-0.2, 0) is 0 Å². The second-order valence-corrected chi connectivity index (χ2v) is 4.04. The number of hydrogen-bond acceptors (Lipinski definition) is 2. The average Bonchev–Trinajstić information content (AvgIpc) is 2.22. The molecule has 78 valence electrons. The molecule has 0 aliphatic heterocycles. The van der Waals surface area contributed by atoms with E-state index in [-0.39, 0.29) is 5.91 Å². The number of nitriles is 1. The Morgan fingerprint density at radius 1 is 1.60 bits per heavy atom. The Morgan fingerprint density at radius 2 is 2.33 bits per heavy atom. The Morgan fingerprint density at radius 3 is 3.00 bits per heavy atom. The Kier molecular flexibility index (Phi) is 4.32. The van der Waals surface area contributed by atoms with Gasteiger partial charge in [0.1, 0.15) is 0 Å². The lowest BCUT2D eigenvalue weighted by Gasteiger charge is -2.06. The van der Waals surface area contributed by atoms with E-state index in [4.69, 9.17) is 5.26 Å². The SMILES string of the molecule is Cc1ccc(Br)cc1C(=O)NCCC#N. The van der Waals surface area contributed by atoms with Crippen LogP contribution in [0.15, 0.2) is 22.7 Å². The zero-order chi connectivity index (χ0) is 11.3. The van der Waals surface area contributed by atoms with Crippen LogP contribution in [0.1, 0.15) is 22.3 Å². The molecule has 0 saturated heterocycles. The Bertz CT molecular complexity index is 410. The maximum Gasteiger partial charge on any atom is 0.251 e. The van der Waals surface area contributed by atoms with E-state index in [1.807, 2.05) is 25.1 Å². The minimum atomic E-state index is -0.135. The number of carbonyl (C=O) groups is 1. The van der Waals surface area contributed by atoms with Crippen molar-refractivity contribution in [3.8, 4) is 6.07 Å². The molecule has 4 heteroatoms. The van der Waals surface area contributed by atoms with Crippen LogP contribution in [0.4, 0.5) is 0 Å². The normalized spacial score (nSPS) is 9.40. The first-order chi connectivity index (χ1) is 7.15. The van der Waals surface area contributed by atoms with Crippen LogP contribution in [0.25, 0.3) is 0 Å². The first-order valence-corrected chi connectivity index (χ1v) is 5.35. The fourth-order valence-corrected chi connectivity index (χ4v) is 1.53. The third-order valence-electron chi connectivity index (χ3n) is 1.97. The molecular weight excluding hydrogens is 256 g/mol. The van der Waals surface area contributed by atoms with Gasteiger partial charge in [0.2, 0.25) is 0 Å². The van der Waals surface area contributed by atoms with Gasteiger partial charge in [-0.1, -0.05) is 22.0 Å². The molecule has 0 aliphatic carbocycles. The second-order valence-electron chi connectivity index (χ2n) is 3.12. The number of carbonyl (C=O) groups excluding carboxylic acids is 1. The number of nitrogens with one attached hydrogen (secondary N) is 1. The second kappa shape index (κ2) is 5.52. The van der Waals surface area contributed by atoms with Crippen molar-refractivity contribution in [3.63, 3.8) is 0 Å². The lowest BCUT2D eigenvalue weighted by atomic mass is 10.1. The van der Waals surface area contributed by atoms with Crippen molar-refractivity contribution >= 4 is 21.8 Å². The summed E-state index contributed by atoms with van der Waals surface area (Å²) >= 11 is 3.31. The summed E-state index contributed by atoms with van der Waals surface area (Å²) < 4.78 is 0.874. The largest absolute Gasteiger partial charge is 0.351 e. The van der Waals surface area contributed by atoms with Crippen LogP contribution in [0.5, 0.6) is 0 Å². The van der Waals surface area contributed by atoms with Crippen molar-refractivity contribution in [2.45, 2.75) is 13.3 Å². The summed E-state index contributed by atoms with van der Waals surface area (Å²) in [6, 6.07) is 7.52. The molecule has 0 aromatic heterocycles. The molecule has 0 atom stereocenters. The summed E-state index contributed by atoms with van der Waals surface area (Å²) in [5.74, 6) is -0.135. The van der Waals surface area contributed by atoms with Crippen LogP contribution in [-0.4, -0.2) is 12.5 Å². The summed E-state index contributed by atoms with van der Waals surface area (Å²) in [5, 5.41) is 11.0. The molecule has 1 rings (SSSR count). The number of amides is 1. The van der Waals surface area contributed by atoms with Crippen LogP contribution in [0, 0.1) is 18.3 Å². The highest BCUT2D eigenvalue weighted by atomic mass is 79.9. The van der Waals surface area contributed by atoms with Crippen molar-refractivity contribution in [1.82, 2.24) is 5.32 Å². The number of aryl methyl sites for hydroxylation is 1. The maximum atomic E-state index is 11.7. The third-order valence-corrected chi connectivity index (χ3v) is 2.46. The number of rotatable bonds is 3. The minimum Gasteiger partial charge on any atom is -0.351 e. The predicted molar refractivity (Wildman–Crippen MR) is 61.4 cm³/mol. The number of benzene rings is 1. The molecule has 0 radical (unpaired) electrons. The van der Waals surface area contributed by atoms with Gasteiger partial charge in [0.15, 0.2) is 0 Å². The molecule has 0 fully saturated rings. The molecule has 15 heavy (non-hydrogen) atoms. The molecule has 0 saturated carbocycles. The standard InChI is InChI=1S/C11H11BrN2O/c1-8-3-4-9(12)7-10(8)11(15)14-6-2-5-13/h3-4,7H,2,6H2,1H3,(H,14,15). The molecule has 1 aromatic carbocycles. The average molecular weight is 267 g/mol. The molecule has 0 heterocycles. The monoisotopic (exact) mass is 266 g/mol.